The first kappa shape index (κ1) is 13.3. The molecule has 0 saturated carbocycles. The Kier molecular flexibility index (Phi) is 5.93. The van der Waals surface area contributed by atoms with E-state index in [4.69, 9.17) is 15.6 Å². The van der Waals surface area contributed by atoms with E-state index in [1.807, 2.05) is 0 Å². The van der Waals surface area contributed by atoms with Crippen LogP contribution in [0.2, 0.25) is 0 Å². The lowest BCUT2D eigenvalue weighted by Gasteiger charge is -1.93. The molecule has 0 bridgehead atoms. The van der Waals surface area contributed by atoms with Gasteiger partial charge in [0.05, 0.1) is 6.54 Å². The van der Waals surface area contributed by atoms with Crippen molar-refractivity contribution in [2.75, 3.05) is 6.54 Å². The van der Waals surface area contributed by atoms with E-state index in [1.54, 1.807) is 0 Å². The summed E-state index contributed by atoms with van der Waals surface area (Å²) in [6, 6.07) is 0. The molecule has 0 aliphatic heterocycles. The number of nitrogens with two attached hydrogens (primary N) is 2. The molecule has 5 N–H and O–H groups in total. The van der Waals surface area contributed by atoms with Gasteiger partial charge in [-0.1, -0.05) is 0 Å². The van der Waals surface area contributed by atoms with Crippen LogP contribution in [0.15, 0.2) is 0 Å². The predicted molar refractivity (Wildman–Crippen MR) is 31.9 cm³/mol. The monoisotopic (exact) mass is 188 g/mol. The lowest BCUT2D eigenvalue weighted by atomic mass is 10.7. The summed E-state index contributed by atoms with van der Waals surface area (Å²) in [6.07, 6.45) is -5.08. The van der Waals surface area contributed by atoms with Crippen LogP contribution in [0.1, 0.15) is 0 Å². The molecule has 5 nitrogen and oxygen atoms in total. The summed E-state index contributed by atoms with van der Waals surface area (Å²) in [5.74, 6) is -3.22. The van der Waals surface area contributed by atoms with E-state index >= 15 is 0 Å². The topological polar surface area (TPSA) is 106 Å². The largest absolute Gasteiger partial charge is 0.490 e. The Morgan fingerprint density at radius 2 is 1.50 bits per heavy atom. The number of carboxylic acids is 1. The molecule has 0 aromatic rings. The number of carbonyl (C=O) groups excluding carboxylic acids is 1. The van der Waals surface area contributed by atoms with Crippen LogP contribution in [0.4, 0.5) is 13.2 Å². The van der Waals surface area contributed by atoms with E-state index < -0.39 is 18.1 Å². The molecule has 0 atom stereocenters. The van der Waals surface area contributed by atoms with Gasteiger partial charge in [-0.2, -0.15) is 13.2 Å². The molecule has 0 aliphatic carbocycles. The fraction of sp³-hybridized carbons (Fsp3) is 0.500. The van der Waals surface area contributed by atoms with E-state index in [2.05, 4.69) is 5.73 Å². The molecule has 0 heterocycles. The number of halogens is 3. The summed E-state index contributed by atoms with van der Waals surface area (Å²) >= 11 is 0. The Hall–Kier alpha value is -1.31. The average Bonchev–Trinajstić information content (AvgIpc) is 1.87. The van der Waals surface area contributed by atoms with Crippen LogP contribution < -0.4 is 11.5 Å². The van der Waals surface area contributed by atoms with Crippen LogP contribution in [0, 0.1) is 0 Å². The van der Waals surface area contributed by atoms with Crippen molar-refractivity contribution in [2.24, 2.45) is 11.5 Å². The van der Waals surface area contributed by atoms with Crippen molar-refractivity contribution < 1.29 is 27.9 Å². The summed E-state index contributed by atoms with van der Waals surface area (Å²) < 4.78 is 31.7. The number of aliphatic carboxylic acids is 1. The third-order valence-corrected chi connectivity index (χ3v) is 0.444. The molecule has 0 aromatic heterocycles. The SMILES string of the molecule is NCC(N)=O.O=C(O)C(F)(F)F. The van der Waals surface area contributed by atoms with Crippen molar-refractivity contribution in [3.05, 3.63) is 0 Å². The summed E-state index contributed by atoms with van der Waals surface area (Å²) in [7, 11) is 0. The Labute approximate surface area is 65.1 Å². The summed E-state index contributed by atoms with van der Waals surface area (Å²) in [4.78, 5) is 18.4. The fourth-order valence-corrected chi connectivity index (χ4v) is 0. The molecule has 12 heavy (non-hydrogen) atoms. The van der Waals surface area contributed by atoms with Crippen LogP contribution in [0.5, 0.6) is 0 Å². The van der Waals surface area contributed by atoms with Gasteiger partial charge < -0.3 is 16.6 Å². The van der Waals surface area contributed by atoms with Crippen LogP contribution in [0.3, 0.4) is 0 Å². The van der Waals surface area contributed by atoms with E-state index in [-0.39, 0.29) is 6.54 Å². The van der Waals surface area contributed by atoms with Crippen molar-refractivity contribution in [2.45, 2.75) is 6.18 Å². The number of hydrogen-bond donors (Lipinski definition) is 3. The van der Waals surface area contributed by atoms with Crippen molar-refractivity contribution >= 4 is 11.9 Å². The van der Waals surface area contributed by atoms with Gasteiger partial charge in [0, 0.05) is 0 Å². The standard InChI is InChI=1S/C2HF3O2.C2H6N2O/c3-2(4,5)1(6)7;3-1-2(4)5/h(H,6,7);1,3H2,(H2,4,5). The number of hydrogen-bond acceptors (Lipinski definition) is 3. The van der Waals surface area contributed by atoms with Gasteiger partial charge in [0.15, 0.2) is 0 Å². The third-order valence-electron chi connectivity index (χ3n) is 0.444. The molecule has 1 amide bonds. The second-order valence-electron chi connectivity index (χ2n) is 1.47. The van der Waals surface area contributed by atoms with E-state index in [0.717, 1.165) is 0 Å². The maximum absolute atomic E-state index is 10.6. The normalized spacial score (nSPS) is 9.67. The zero-order valence-electron chi connectivity index (χ0n) is 5.76. The van der Waals surface area contributed by atoms with E-state index in [1.165, 1.54) is 0 Å². The van der Waals surface area contributed by atoms with Gasteiger partial charge in [0.1, 0.15) is 0 Å². The van der Waals surface area contributed by atoms with Crippen LogP contribution in [-0.2, 0) is 9.59 Å². The number of carbonyl (C=O) groups is 2. The summed E-state index contributed by atoms with van der Waals surface area (Å²) in [5, 5.41) is 7.12. The van der Waals surface area contributed by atoms with Gasteiger partial charge in [0.2, 0.25) is 5.91 Å². The van der Waals surface area contributed by atoms with Gasteiger partial charge >= 0.3 is 12.1 Å². The first-order chi connectivity index (χ1) is 5.21. The maximum Gasteiger partial charge on any atom is 0.490 e. The first-order valence-electron chi connectivity index (χ1n) is 2.50. The zero-order chi connectivity index (χ0) is 10.4. The quantitative estimate of drug-likeness (QED) is 0.493. The van der Waals surface area contributed by atoms with Crippen molar-refractivity contribution in [3.8, 4) is 0 Å². The molecule has 72 valence electrons. The minimum atomic E-state index is -5.08. The van der Waals surface area contributed by atoms with E-state index in [0.29, 0.717) is 0 Å². The minimum absolute atomic E-state index is 0.0556. The lowest BCUT2D eigenvalue weighted by Crippen LogP contribution is -2.21. The first-order valence-corrected chi connectivity index (χ1v) is 2.50. The van der Waals surface area contributed by atoms with Gasteiger partial charge in [-0.25, -0.2) is 4.79 Å². The minimum Gasteiger partial charge on any atom is -0.475 e. The molecule has 8 heteroatoms. The Morgan fingerprint density at radius 1 is 1.33 bits per heavy atom. The van der Waals surface area contributed by atoms with Crippen LogP contribution >= 0.6 is 0 Å². The summed E-state index contributed by atoms with van der Waals surface area (Å²) in [6.45, 7) is -0.0556. The molecular formula is C4H7F3N2O3. The van der Waals surface area contributed by atoms with Crippen molar-refractivity contribution in [1.29, 1.82) is 0 Å². The van der Waals surface area contributed by atoms with Crippen LogP contribution in [-0.4, -0.2) is 29.7 Å². The number of amides is 1. The fourth-order valence-electron chi connectivity index (χ4n) is 0. The number of alkyl halides is 3. The number of primary amides is 1. The second kappa shape index (κ2) is 5.35. The highest BCUT2D eigenvalue weighted by molar-refractivity contribution is 5.75. The Balaban J connectivity index is 0. The van der Waals surface area contributed by atoms with Crippen LogP contribution in [0.25, 0.3) is 0 Å². The highest BCUT2D eigenvalue weighted by atomic mass is 19.4. The molecule has 0 saturated heterocycles. The van der Waals surface area contributed by atoms with Gasteiger partial charge in [-0.3, -0.25) is 4.79 Å². The summed E-state index contributed by atoms with van der Waals surface area (Å²) in [5.41, 5.74) is 9.22. The third kappa shape index (κ3) is 11.5. The van der Waals surface area contributed by atoms with Crippen molar-refractivity contribution in [1.82, 2.24) is 0 Å². The molecule has 0 radical (unpaired) electrons. The highest BCUT2D eigenvalue weighted by Crippen LogP contribution is 2.13. The van der Waals surface area contributed by atoms with E-state index in [9.17, 15) is 18.0 Å². The Morgan fingerprint density at radius 3 is 1.50 bits per heavy atom. The smallest absolute Gasteiger partial charge is 0.475 e. The second-order valence-corrected chi connectivity index (χ2v) is 1.47. The number of rotatable bonds is 1. The molecular weight excluding hydrogens is 181 g/mol. The van der Waals surface area contributed by atoms with Crippen molar-refractivity contribution in [3.63, 3.8) is 0 Å². The zero-order valence-corrected chi connectivity index (χ0v) is 5.76. The van der Waals surface area contributed by atoms with Gasteiger partial charge in [0.25, 0.3) is 0 Å². The average molecular weight is 188 g/mol. The molecule has 0 spiro atoms. The lowest BCUT2D eigenvalue weighted by molar-refractivity contribution is -0.192. The van der Waals surface area contributed by atoms with Gasteiger partial charge in [-0.15, -0.1) is 0 Å². The highest BCUT2D eigenvalue weighted by Gasteiger charge is 2.38. The molecule has 0 rings (SSSR count). The molecule has 0 fully saturated rings. The molecule has 0 aromatic carbocycles. The predicted octanol–water partition coefficient (Wildman–Crippen LogP) is -0.936. The number of carboxylic acid groups (broad SMARTS) is 1. The molecule has 0 aliphatic rings. The molecule has 0 unspecified atom stereocenters. The maximum atomic E-state index is 10.6. The van der Waals surface area contributed by atoms with Gasteiger partial charge in [-0.05, 0) is 0 Å². The Bertz CT molecular complexity index is 167.